The molecule has 1 aliphatic rings. The average Bonchev–Trinajstić information content (AvgIpc) is 3.43. The molecular formula is C42H39BN2. The van der Waals surface area contributed by atoms with Crippen LogP contribution >= 0.6 is 0 Å². The number of nitrogens with one attached hydrogen (secondary N) is 1. The van der Waals surface area contributed by atoms with Gasteiger partial charge in [0.25, 0.3) is 0 Å². The van der Waals surface area contributed by atoms with Crippen LogP contribution in [0, 0.1) is 13.8 Å². The van der Waals surface area contributed by atoms with Crippen LogP contribution in [0.2, 0.25) is 0 Å². The predicted molar refractivity (Wildman–Crippen MR) is 196 cm³/mol. The van der Waals surface area contributed by atoms with E-state index in [9.17, 15) is 0 Å². The summed E-state index contributed by atoms with van der Waals surface area (Å²) >= 11 is 0. The molecule has 0 saturated carbocycles. The highest BCUT2D eigenvalue weighted by Gasteiger charge is 2.43. The molecule has 3 heteroatoms. The van der Waals surface area contributed by atoms with Crippen molar-refractivity contribution in [3.05, 3.63) is 162 Å². The van der Waals surface area contributed by atoms with Gasteiger partial charge < -0.3 is 9.79 Å². The summed E-state index contributed by atoms with van der Waals surface area (Å²) in [5.41, 5.74) is 14.5. The molecule has 0 saturated heterocycles. The molecule has 0 radical (unpaired) electrons. The van der Waals surface area contributed by atoms with E-state index in [2.05, 4.69) is 165 Å². The van der Waals surface area contributed by atoms with Crippen LogP contribution in [0.4, 0.5) is 11.4 Å². The number of fused-ring (bicyclic) bond motifs is 5. The number of rotatable bonds is 6. The largest absolute Gasteiger partial charge is 0.376 e. The molecule has 0 bridgehead atoms. The molecule has 0 unspecified atom stereocenters. The molecule has 2 nitrogen and oxygen atoms in total. The lowest BCUT2D eigenvalue weighted by atomic mass is 9.46. The average molecular weight is 583 g/mol. The summed E-state index contributed by atoms with van der Waals surface area (Å²) in [6.07, 6.45) is 8.43. The maximum absolute atomic E-state index is 4.79. The number of allylic oxidation sites excluding steroid dienone is 5. The fourth-order valence-electron chi connectivity index (χ4n) is 7.40. The Kier molecular flexibility index (Phi) is 7.13. The Morgan fingerprint density at radius 3 is 2.31 bits per heavy atom. The highest BCUT2D eigenvalue weighted by Crippen LogP contribution is 2.54. The maximum atomic E-state index is 4.79. The Hall–Kier alpha value is -5.02. The van der Waals surface area contributed by atoms with Gasteiger partial charge in [-0.1, -0.05) is 135 Å². The Labute approximate surface area is 267 Å². The van der Waals surface area contributed by atoms with Gasteiger partial charge in [-0.25, -0.2) is 0 Å². The normalized spacial score (nSPS) is 13.9. The summed E-state index contributed by atoms with van der Waals surface area (Å²) < 4.78 is 0. The van der Waals surface area contributed by atoms with Crippen molar-refractivity contribution in [1.82, 2.24) is 4.98 Å². The third-order valence-corrected chi connectivity index (χ3v) is 9.64. The molecule has 45 heavy (non-hydrogen) atoms. The van der Waals surface area contributed by atoms with Crippen molar-refractivity contribution in [2.75, 3.05) is 4.81 Å². The molecule has 1 aliphatic heterocycles. The van der Waals surface area contributed by atoms with Gasteiger partial charge in [-0.05, 0) is 66.2 Å². The highest BCUT2D eigenvalue weighted by molar-refractivity contribution is 6.86. The SMILES string of the molecule is C=C(/C=C\C=C/C)B(c1cccc2c1[nH]c1ccccc12)N1c2ccccc2C(C)(C)c2ccc(C)c(-c3ccccc3C)c21. The van der Waals surface area contributed by atoms with E-state index in [1.165, 1.54) is 61.0 Å². The van der Waals surface area contributed by atoms with Gasteiger partial charge in [0.1, 0.15) is 0 Å². The van der Waals surface area contributed by atoms with E-state index >= 15 is 0 Å². The van der Waals surface area contributed by atoms with Crippen molar-refractivity contribution in [1.29, 1.82) is 0 Å². The lowest BCUT2D eigenvalue weighted by Gasteiger charge is -2.46. The molecular weight excluding hydrogens is 543 g/mol. The van der Waals surface area contributed by atoms with Crippen LogP contribution in [0.15, 0.2) is 139 Å². The van der Waals surface area contributed by atoms with Crippen molar-refractivity contribution >= 4 is 45.5 Å². The first-order chi connectivity index (χ1) is 21.8. The molecule has 5 aromatic carbocycles. The van der Waals surface area contributed by atoms with E-state index < -0.39 is 0 Å². The molecule has 0 amide bonds. The number of nitrogens with zero attached hydrogens (tertiary/aromatic N) is 1. The molecule has 0 spiro atoms. The smallest absolute Gasteiger partial charge is 0.329 e. The number of aromatic amines is 1. The minimum Gasteiger partial charge on any atom is -0.376 e. The van der Waals surface area contributed by atoms with Crippen molar-refractivity contribution in [2.24, 2.45) is 0 Å². The Bertz CT molecular complexity index is 2160. The summed E-state index contributed by atoms with van der Waals surface area (Å²) in [4.78, 5) is 6.40. The Morgan fingerprint density at radius 2 is 1.49 bits per heavy atom. The molecule has 1 aromatic heterocycles. The van der Waals surface area contributed by atoms with Gasteiger partial charge in [0.05, 0.1) is 0 Å². The zero-order valence-corrected chi connectivity index (χ0v) is 26.9. The molecule has 0 aliphatic carbocycles. The first-order valence-corrected chi connectivity index (χ1v) is 15.9. The molecule has 7 rings (SSSR count). The van der Waals surface area contributed by atoms with E-state index in [-0.39, 0.29) is 12.3 Å². The van der Waals surface area contributed by atoms with E-state index in [0.29, 0.717) is 0 Å². The van der Waals surface area contributed by atoms with Gasteiger partial charge in [0, 0.05) is 44.2 Å². The molecule has 0 atom stereocenters. The first kappa shape index (κ1) is 28.7. The van der Waals surface area contributed by atoms with Crippen LogP contribution in [0.25, 0.3) is 32.9 Å². The number of para-hydroxylation sites is 3. The predicted octanol–water partition coefficient (Wildman–Crippen LogP) is 10.5. The Balaban J connectivity index is 1.61. The van der Waals surface area contributed by atoms with Crippen molar-refractivity contribution in [3.8, 4) is 11.1 Å². The molecule has 1 N–H and O–H groups in total. The summed E-state index contributed by atoms with van der Waals surface area (Å²) in [7, 11) is 0. The summed E-state index contributed by atoms with van der Waals surface area (Å²) in [6, 6.07) is 37.7. The third-order valence-electron chi connectivity index (χ3n) is 9.64. The number of hydrogen-bond acceptors (Lipinski definition) is 1. The van der Waals surface area contributed by atoms with Crippen LogP contribution in [-0.2, 0) is 5.41 Å². The number of aryl methyl sites for hydroxylation is 2. The fraction of sp³-hybridized carbons (Fsp3) is 0.143. The zero-order chi connectivity index (χ0) is 31.3. The second-order valence-electron chi connectivity index (χ2n) is 12.8. The van der Waals surface area contributed by atoms with Gasteiger partial charge in [-0.3, -0.25) is 0 Å². The van der Waals surface area contributed by atoms with Gasteiger partial charge >= 0.3 is 6.85 Å². The van der Waals surface area contributed by atoms with Crippen molar-refractivity contribution in [2.45, 2.75) is 40.0 Å². The Morgan fingerprint density at radius 1 is 0.756 bits per heavy atom. The fourth-order valence-corrected chi connectivity index (χ4v) is 7.40. The van der Waals surface area contributed by atoms with Gasteiger partial charge in [0.2, 0.25) is 0 Å². The second kappa shape index (κ2) is 11.2. The number of hydrogen-bond donors (Lipinski definition) is 1. The lowest BCUT2D eigenvalue weighted by molar-refractivity contribution is 0.634. The van der Waals surface area contributed by atoms with Crippen LogP contribution in [-0.4, -0.2) is 11.8 Å². The van der Waals surface area contributed by atoms with Gasteiger partial charge in [-0.2, -0.15) is 0 Å². The topological polar surface area (TPSA) is 19.0 Å². The monoisotopic (exact) mass is 582 g/mol. The number of anilines is 2. The van der Waals surface area contributed by atoms with Gasteiger partial charge in [-0.15, -0.1) is 6.58 Å². The van der Waals surface area contributed by atoms with E-state index in [1.807, 2.05) is 6.92 Å². The lowest BCUT2D eigenvalue weighted by Crippen LogP contribution is -2.51. The highest BCUT2D eigenvalue weighted by atomic mass is 15.1. The maximum Gasteiger partial charge on any atom is 0.329 e. The molecule has 2 heterocycles. The van der Waals surface area contributed by atoms with Crippen LogP contribution in [0.1, 0.15) is 43.0 Å². The molecule has 220 valence electrons. The van der Waals surface area contributed by atoms with Crippen LogP contribution in [0.5, 0.6) is 0 Å². The quantitative estimate of drug-likeness (QED) is 0.153. The summed E-state index contributed by atoms with van der Waals surface area (Å²) in [5.74, 6) is 0. The van der Waals surface area contributed by atoms with E-state index in [1.54, 1.807) is 0 Å². The second-order valence-corrected chi connectivity index (χ2v) is 12.8. The van der Waals surface area contributed by atoms with Crippen molar-refractivity contribution in [3.63, 3.8) is 0 Å². The number of H-pyrrole nitrogens is 1. The third kappa shape index (κ3) is 4.57. The van der Waals surface area contributed by atoms with Crippen LogP contribution < -0.4 is 10.3 Å². The first-order valence-electron chi connectivity index (χ1n) is 15.9. The molecule has 0 fully saturated rings. The number of benzene rings is 5. The number of aromatic nitrogens is 1. The van der Waals surface area contributed by atoms with E-state index in [0.717, 1.165) is 16.5 Å². The van der Waals surface area contributed by atoms with Crippen LogP contribution in [0.3, 0.4) is 0 Å². The van der Waals surface area contributed by atoms with Crippen molar-refractivity contribution < 1.29 is 0 Å². The molecule has 6 aromatic rings. The standard InChI is InChI=1S/C42H39BN2/c1-7-8-9-18-30(4)43(36-23-16-21-33-32-20-12-14-24-37(32)44-40(33)36)45-38-25-15-13-22-34(38)42(5,6)35-27-26-29(3)39(41(35)45)31-19-11-10-17-28(31)2/h7-27,44H,4H2,1-3,5-6H3/b8-7-,18-9-. The van der Waals surface area contributed by atoms with E-state index in [4.69, 9.17) is 6.58 Å². The zero-order valence-electron chi connectivity index (χ0n) is 26.9. The minimum absolute atomic E-state index is 0.177. The summed E-state index contributed by atoms with van der Waals surface area (Å²) in [6.45, 7) is 15.9. The summed E-state index contributed by atoms with van der Waals surface area (Å²) in [5, 5.41) is 2.47. The van der Waals surface area contributed by atoms with Gasteiger partial charge in [0.15, 0.2) is 0 Å². The minimum atomic E-state index is -0.201.